The van der Waals surface area contributed by atoms with Crippen LogP contribution in [-0.2, 0) is 33.5 Å². The molecule has 0 amide bonds. The fraction of sp³-hybridized carbons (Fsp3) is 0.286. The highest BCUT2D eigenvalue weighted by Crippen LogP contribution is 2.17. The van der Waals surface area contributed by atoms with Crippen LogP contribution < -0.4 is 0 Å². The highest BCUT2D eigenvalue weighted by molar-refractivity contribution is 6.03. The quantitative estimate of drug-likeness (QED) is 0.538. The van der Waals surface area contributed by atoms with Gasteiger partial charge >= 0.3 is 11.9 Å². The number of ether oxygens (including phenoxy) is 2. The van der Waals surface area contributed by atoms with Crippen molar-refractivity contribution in [2.45, 2.75) is 25.7 Å². The first-order valence-electron chi connectivity index (χ1n) is 8.40. The van der Waals surface area contributed by atoms with Gasteiger partial charge in [-0.2, -0.15) is 0 Å². The second-order valence-electron chi connectivity index (χ2n) is 5.89. The van der Waals surface area contributed by atoms with Crippen LogP contribution in [0.1, 0.15) is 43.8 Å². The maximum atomic E-state index is 12.0. The maximum absolute atomic E-state index is 12.0. The number of methoxy groups -OCH3 is 2. The van der Waals surface area contributed by atoms with Crippen LogP contribution in [-0.4, -0.2) is 32.4 Å². The molecule has 2 aromatic rings. The smallest absolute Gasteiger partial charge is 0.338 e. The fourth-order valence-electron chi connectivity index (χ4n) is 2.77. The summed E-state index contributed by atoms with van der Waals surface area (Å²) in [6.45, 7) is 0. The molecule has 5 heteroatoms. The number of aryl methyl sites for hydroxylation is 3. The molecule has 26 heavy (non-hydrogen) atoms. The average molecular weight is 354 g/mol. The minimum Gasteiger partial charge on any atom is -0.465 e. The number of carbonyl (C=O) groups excluding carboxylic acids is 3. The predicted molar refractivity (Wildman–Crippen MR) is 97.4 cm³/mol. The Kier molecular flexibility index (Phi) is 7.09. The van der Waals surface area contributed by atoms with Gasteiger partial charge in [0.25, 0.3) is 0 Å². The van der Waals surface area contributed by atoms with Gasteiger partial charge in [0, 0.05) is 6.42 Å². The summed E-state index contributed by atoms with van der Waals surface area (Å²) in [6.07, 6.45) is 3.66. The second-order valence-corrected chi connectivity index (χ2v) is 5.89. The third kappa shape index (κ3) is 5.02. The lowest BCUT2D eigenvalue weighted by atomic mass is 9.98. The molecule has 0 aliphatic rings. The number of aldehydes is 1. The van der Waals surface area contributed by atoms with Gasteiger partial charge in [0.15, 0.2) is 0 Å². The van der Waals surface area contributed by atoms with E-state index in [0.29, 0.717) is 12.8 Å². The lowest BCUT2D eigenvalue weighted by Gasteiger charge is -2.10. The Morgan fingerprint density at radius 3 is 2.00 bits per heavy atom. The summed E-state index contributed by atoms with van der Waals surface area (Å²) in [6, 6.07) is 13.2. The van der Waals surface area contributed by atoms with E-state index in [2.05, 4.69) is 6.07 Å². The van der Waals surface area contributed by atoms with Crippen molar-refractivity contribution >= 4 is 18.2 Å². The van der Waals surface area contributed by atoms with E-state index >= 15 is 0 Å². The zero-order valence-corrected chi connectivity index (χ0v) is 15.0. The first-order chi connectivity index (χ1) is 12.6. The van der Waals surface area contributed by atoms with E-state index in [4.69, 9.17) is 9.47 Å². The molecule has 5 nitrogen and oxygen atoms in total. The second kappa shape index (κ2) is 9.51. The molecule has 0 aliphatic heterocycles. The van der Waals surface area contributed by atoms with Gasteiger partial charge in [-0.05, 0) is 48.1 Å². The van der Waals surface area contributed by atoms with Crippen LogP contribution in [0.4, 0.5) is 0 Å². The van der Waals surface area contributed by atoms with Crippen LogP contribution in [0, 0.1) is 0 Å². The zero-order valence-electron chi connectivity index (χ0n) is 15.0. The van der Waals surface area contributed by atoms with Crippen molar-refractivity contribution in [1.82, 2.24) is 0 Å². The van der Waals surface area contributed by atoms with E-state index < -0.39 is 11.9 Å². The molecule has 0 aromatic heterocycles. The number of esters is 2. The third-order valence-corrected chi connectivity index (χ3v) is 4.14. The first-order valence-corrected chi connectivity index (χ1v) is 8.40. The molecule has 0 spiro atoms. The Labute approximate surface area is 152 Å². The van der Waals surface area contributed by atoms with Gasteiger partial charge in [-0.25, -0.2) is 9.59 Å². The summed E-state index contributed by atoms with van der Waals surface area (Å²) in [5, 5.41) is 0. The Hall–Kier alpha value is -2.95. The molecule has 2 aromatic carbocycles. The topological polar surface area (TPSA) is 69.7 Å². The third-order valence-electron chi connectivity index (χ3n) is 4.14. The summed E-state index contributed by atoms with van der Waals surface area (Å²) >= 11 is 0. The number of carbonyl (C=O) groups is 3. The Balaban J connectivity index is 2.16. The summed E-state index contributed by atoms with van der Waals surface area (Å²) in [5.74, 6) is -1.14. The number of benzene rings is 2. The van der Waals surface area contributed by atoms with Crippen LogP contribution in [0.5, 0.6) is 0 Å². The minimum atomic E-state index is -0.570. The van der Waals surface area contributed by atoms with Crippen molar-refractivity contribution in [2.75, 3.05) is 14.2 Å². The fourth-order valence-corrected chi connectivity index (χ4v) is 2.77. The van der Waals surface area contributed by atoms with Gasteiger partial charge in [0.05, 0.1) is 25.3 Å². The van der Waals surface area contributed by atoms with E-state index in [1.165, 1.54) is 14.2 Å². The predicted octanol–water partition coefficient (Wildman–Crippen LogP) is 3.18. The highest BCUT2D eigenvalue weighted by atomic mass is 16.5. The molecule has 136 valence electrons. The van der Waals surface area contributed by atoms with Gasteiger partial charge in [-0.1, -0.05) is 30.3 Å². The highest BCUT2D eigenvalue weighted by Gasteiger charge is 2.18. The standard InChI is InChI=1S/C21H22O5/c1-25-20(23)18-11-10-17(14-19(18)21(24)26-2)9-8-16-6-3-5-15(13-16)7-4-12-22/h3,5-6,10-14H,4,7-9H2,1-2H3. The molecule has 0 aliphatic carbocycles. The monoisotopic (exact) mass is 354 g/mol. The number of rotatable bonds is 8. The molecule has 0 atom stereocenters. The van der Waals surface area contributed by atoms with E-state index in [0.717, 1.165) is 35.8 Å². The van der Waals surface area contributed by atoms with Gasteiger partial charge in [0.1, 0.15) is 6.29 Å². The Bertz CT molecular complexity index is 795. The van der Waals surface area contributed by atoms with Crippen LogP contribution in [0.25, 0.3) is 0 Å². The van der Waals surface area contributed by atoms with Crippen LogP contribution in [0.2, 0.25) is 0 Å². The summed E-state index contributed by atoms with van der Waals surface area (Å²) in [4.78, 5) is 34.3. The first kappa shape index (κ1) is 19.4. The molecule has 0 bridgehead atoms. The molecular formula is C21H22O5. The number of hydrogen-bond donors (Lipinski definition) is 0. The minimum absolute atomic E-state index is 0.193. The van der Waals surface area contributed by atoms with E-state index in [9.17, 15) is 14.4 Å². The molecule has 0 saturated carbocycles. The summed E-state index contributed by atoms with van der Waals surface area (Å²) in [7, 11) is 2.55. The average Bonchev–Trinajstić information content (AvgIpc) is 2.69. The van der Waals surface area contributed by atoms with Crippen LogP contribution in [0.15, 0.2) is 42.5 Å². The Morgan fingerprint density at radius 1 is 0.808 bits per heavy atom. The lowest BCUT2D eigenvalue weighted by molar-refractivity contribution is -0.107. The van der Waals surface area contributed by atoms with Crippen molar-refractivity contribution in [2.24, 2.45) is 0 Å². The van der Waals surface area contributed by atoms with Gasteiger partial charge < -0.3 is 14.3 Å². The van der Waals surface area contributed by atoms with E-state index in [1.807, 2.05) is 24.3 Å². The van der Waals surface area contributed by atoms with Gasteiger partial charge in [-0.15, -0.1) is 0 Å². The summed E-state index contributed by atoms with van der Waals surface area (Å²) < 4.78 is 9.48. The molecule has 0 radical (unpaired) electrons. The number of hydrogen-bond acceptors (Lipinski definition) is 5. The molecule has 0 saturated heterocycles. The SMILES string of the molecule is COC(=O)c1ccc(CCc2cccc(CCC=O)c2)cc1C(=O)OC. The van der Waals surface area contributed by atoms with Crippen molar-refractivity contribution in [1.29, 1.82) is 0 Å². The maximum Gasteiger partial charge on any atom is 0.338 e. The molecular weight excluding hydrogens is 332 g/mol. The Morgan fingerprint density at radius 2 is 1.38 bits per heavy atom. The molecule has 0 fully saturated rings. The molecule has 0 N–H and O–H groups in total. The van der Waals surface area contributed by atoms with Crippen molar-refractivity contribution < 1.29 is 23.9 Å². The van der Waals surface area contributed by atoms with Crippen molar-refractivity contribution in [3.8, 4) is 0 Å². The van der Waals surface area contributed by atoms with E-state index in [1.54, 1.807) is 12.1 Å². The van der Waals surface area contributed by atoms with Crippen molar-refractivity contribution in [3.63, 3.8) is 0 Å². The van der Waals surface area contributed by atoms with Crippen molar-refractivity contribution in [3.05, 3.63) is 70.3 Å². The van der Waals surface area contributed by atoms with Crippen LogP contribution in [0.3, 0.4) is 0 Å². The molecule has 0 heterocycles. The lowest BCUT2D eigenvalue weighted by Crippen LogP contribution is -2.12. The molecule has 0 unspecified atom stereocenters. The van der Waals surface area contributed by atoms with Crippen LogP contribution >= 0.6 is 0 Å². The largest absolute Gasteiger partial charge is 0.465 e. The van der Waals surface area contributed by atoms with Gasteiger partial charge in [0.2, 0.25) is 0 Å². The van der Waals surface area contributed by atoms with E-state index in [-0.39, 0.29) is 11.1 Å². The molecule has 2 rings (SSSR count). The zero-order chi connectivity index (χ0) is 18.9. The normalized spacial score (nSPS) is 10.2. The van der Waals surface area contributed by atoms with Gasteiger partial charge in [-0.3, -0.25) is 0 Å². The summed E-state index contributed by atoms with van der Waals surface area (Å²) in [5.41, 5.74) is 3.61.